The molecule has 6 nitrogen and oxygen atoms in total. The van der Waals surface area contributed by atoms with Gasteiger partial charge in [-0.05, 0) is 36.2 Å². The Kier molecular flexibility index (Phi) is 7.14. The van der Waals surface area contributed by atoms with Gasteiger partial charge in [0.05, 0.1) is 26.2 Å². The summed E-state index contributed by atoms with van der Waals surface area (Å²) in [6, 6.07) is 10.7. The van der Waals surface area contributed by atoms with E-state index >= 15 is 0 Å². The second-order valence-electron chi connectivity index (χ2n) is 6.01. The van der Waals surface area contributed by atoms with Crippen molar-refractivity contribution in [2.24, 2.45) is 0 Å². The summed E-state index contributed by atoms with van der Waals surface area (Å²) in [6.07, 6.45) is 2.45. The van der Waals surface area contributed by atoms with Crippen LogP contribution in [-0.4, -0.2) is 30.6 Å². The Morgan fingerprint density at radius 3 is 2.46 bits per heavy atom. The first kappa shape index (κ1) is 19.4. The summed E-state index contributed by atoms with van der Waals surface area (Å²) in [5.74, 6) is 0.147. The zero-order valence-electron chi connectivity index (χ0n) is 15.3. The lowest BCUT2D eigenvalue weighted by Crippen LogP contribution is -2.28. The van der Waals surface area contributed by atoms with Gasteiger partial charge >= 0.3 is 5.97 Å². The number of amides is 1. The second kappa shape index (κ2) is 9.56. The molecular formula is C20H24N2O4. The fourth-order valence-corrected chi connectivity index (χ4v) is 2.49. The maximum absolute atomic E-state index is 12.2. The minimum absolute atomic E-state index is 0.0675. The number of rotatable bonds is 8. The van der Waals surface area contributed by atoms with Crippen LogP contribution in [0.1, 0.15) is 36.2 Å². The topological polar surface area (TPSA) is 77.5 Å². The third-order valence-corrected chi connectivity index (χ3v) is 3.89. The molecule has 0 saturated carbocycles. The van der Waals surface area contributed by atoms with E-state index in [9.17, 15) is 9.59 Å². The van der Waals surface area contributed by atoms with Crippen LogP contribution >= 0.6 is 0 Å². The van der Waals surface area contributed by atoms with Gasteiger partial charge in [-0.2, -0.15) is 0 Å². The SMILES string of the molecule is COc1ccc(C(CC(=O)OCCc2ccc(C)nc2)NC(C)=O)cc1. The molecule has 1 amide bonds. The van der Waals surface area contributed by atoms with E-state index in [0.717, 1.165) is 16.8 Å². The molecule has 1 N–H and O–H groups in total. The first-order valence-corrected chi connectivity index (χ1v) is 8.46. The summed E-state index contributed by atoms with van der Waals surface area (Å²) in [6.45, 7) is 3.62. The van der Waals surface area contributed by atoms with Gasteiger partial charge in [0, 0.05) is 25.2 Å². The van der Waals surface area contributed by atoms with Crippen LogP contribution in [0.4, 0.5) is 0 Å². The Bertz CT molecular complexity index is 726. The summed E-state index contributed by atoms with van der Waals surface area (Å²) in [4.78, 5) is 27.8. The highest BCUT2D eigenvalue weighted by atomic mass is 16.5. The average Bonchev–Trinajstić information content (AvgIpc) is 2.62. The number of aryl methyl sites for hydroxylation is 1. The molecule has 1 unspecified atom stereocenters. The predicted molar refractivity (Wildman–Crippen MR) is 97.8 cm³/mol. The Morgan fingerprint density at radius 1 is 1.15 bits per heavy atom. The van der Waals surface area contributed by atoms with Gasteiger partial charge in [0.1, 0.15) is 5.75 Å². The molecule has 138 valence electrons. The minimum atomic E-state index is -0.438. The van der Waals surface area contributed by atoms with E-state index in [0.29, 0.717) is 12.2 Å². The summed E-state index contributed by atoms with van der Waals surface area (Å²) in [5, 5.41) is 2.79. The summed E-state index contributed by atoms with van der Waals surface area (Å²) in [7, 11) is 1.58. The molecule has 0 bridgehead atoms. The lowest BCUT2D eigenvalue weighted by molar-refractivity contribution is -0.144. The van der Waals surface area contributed by atoms with Crippen LogP contribution in [0.5, 0.6) is 5.75 Å². The van der Waals surface area contributed by atoms with Crippen LogP contribution in [0, 0.1) is 6.92 Å². The predicted octanol–water partition coefficient (Wildman–Crippen LogP) is 2.75. The molecule has 2 rings (SSSR count). The van der Waals surface area contributed by atoms with E-state index < -0.39 is 6.04 Å². The number of methoxy groups -OCH3 is 1. The van der Waals surface area contributed by atoms with Crippen LogP contribution in [0.3, 0.4) is 0 Å². The molecule has 0 radical (unpaired) electrons. The number of carbonyl (C=O) groups excluding carboxylic acids is 2. The van der Waals surface area contributed by atoms with Gasteiger partial charge in [-0.3, -0.25) is 14.6 Å². The van der Waals surface area contributed by atoms with Gasteiger partial charge in [-0.15, -0.1) is 0 Å². The second-order valence-corrected chi connectivity index (χ2v) is 6.01. The van der Waals surface area contributed by atoms with Crippen molar-refractivity contribution in [1.29, 1.82) is 0 Å². The number of aromatic nitrogens is 1. The van der Waals surface area contributed by atoms with Gasteiger partial charge in [0.25, 0.3) is 0 Å². The number of carbonyl (C=O) groups is 2. The minimum Gasteiger partial charge on any atom is -0.497 e. The lowest BCUT2D eigenvalue weighted by Gasteiger charge is -2.18. The lowest BCUT2D eigenvalue weighted by atomic mass is 10.0. The van der Waals surface area contributed by atoms with Crippen LogP contribution < -0.4 is 10.1 Å². The molecule has 0 spiro atoms. The number of esters is 1. The quantitative estimate of drug-likeness (QED) is 0.736. The van der Waals surface area contributed by atoms with Crippen LogP contribution in [0.15, 0.2) is 42.6 Å². The zero-order valence-corrected chi connectivity index (χ0v) is 15.3. The van der Waals surface area contributed by atoms with Crippen molar-refractivity contribution in [3.63, 3.8) is 0 Å². The smallest absolute Gasteiger partial charge is 0.308 e. The first-order chi connectivity index (χ1) is 12.5. The van der Waals surface area contributed by atoms with Gasteiger partial charge in [-0.25, -0.2) is 0 Å². The highest BCUT2D eigenvalue weighted by Crippen LogP contribution is 2.21. The molecule has 1 aromatic heterocycles. The average molecular weight is 356 g/mol. The molecule has 1 heterocycles. The van der Waals surface area contributed by atoms with Gasteiger partial charge in [-0.1, -0.05) is 18.2 Å². The molecule has 1 aromatic carbocycles. The highest BCUT2D eigenvalue weighted by Gasteiger charge is 2.18. The number of benzene rings is 1. The van der Waals surface area contributed by atoms with E-state index in [1.165, 1.54) is 6.92 Å². The van der Waals surface area contributed by atoms with Crippen molar-refractivity contribution in [2.45, 2.75) is 32.7 Å². The number of nitrogens with zero attached hydrogens (tertiary/aromatic N) is 1. The Labute approximate surface area is 153 Å². The molecule has 26 heavy (non-hydrogen) atoms. The van der Waals surface area contributed by atoms with Crippen molar-refractivity contribution in [3.8, 4) is 5.75 Å². The number of ether oxygens (including phenoxy) is 2. The summed E-state index contributed by atoms with van der Waals surface area (Å²) < 4.78 is 10.4. The molecule has 0 aliphatic heterocycles. The standard InChI is InChI=1S/C20H24N2O4/c1-14-4-5-16(13-21-14)10-11-26-20(24)12-19(22-15(2)23)17-6-8-18(25-3)9-7-17/h4-9,13,19H,10-12H2,1-3H3,(H,22,23). The molecule has 0 fully saturated rings. The van der Waals surface area contributed by atoms with E-state index in [2.05, 4.69) is 10.3 Å². The van der Waals surface area contributed by atoms with E-state index in [4.69, 9.17) is 9.47 Å². The van der Waals surface area contributed by atoms with Crippen molar-refractivity contribution >= 4 is 11.9 Å². The number of pyridine rings is 1. The van der Waals surface area contributed by atoms with Gasteiger partial charge in [0.2, 0.25) is 5.91 Å². The van der Waals surface area contributed by atoms with Crippen molar-refractivity contribution in [2.75, 3.05) is 13.7 Å². The normalized spacial score (nSPS) is 11.5. The third kappa shape index (κ3) is 6.20. The zero-order chi connectivity index (χ0) is 18.9. The molecule has 0 aliphatic carbocycles. The molecule has 2 aromatic rings. The van der Waals surface area contributed by atoms with Crippen molar-refractivity contribution < 1.29 is 19.1 Å². The fraction of sp³-hybridized carbons (Fsp3) is 0.350. The summed E-state index contributed by atoms with van der Waals surface area (Å²) >= 11 is 0. The maximum atomic E-state index is 12.2. The van der Waals surface area contributed by atoms with E-state index in [1.807, 2.05) is 31.2 Å². The molecule has 1 atom stereocenters. The van der Waals surface area contributed by atoms with Gasteiger partial charge in [0.15, 0.2) is 0 Å². The van der Waals surface area contributed by atoms with Crippen LogP contribution in [0.25, 0.3) is 0 Å². The first-order valence-electron chi connectivity index (χ1n) is 8.46. The van der Waals surface area contributed by atoms with Gasteiger partial charge < -0.3 is 14.8 Å². The number of hydrogen-bond acceptors (Lipinski definition) is 5. The highest BCUT2D eigenvalue weighted by molar-refractivity contribution is 5.76. The molecule has 0 aliphatic rings. The van der Waals surface area contributed by atoms with Crippen LogP contribution in [-0.2, 0) is 20.7 Å². The van der Waals surface area contributed by atoms with Crippen molar-refractivity contribution in [1.82, 2.24) is 10.3 Å². The Balaban J connectivity index is 1.90. The summed E-state index contributed by atoms with van der Waals surface area (Å²) in [5.41, 5.74) is 2.78. The fourth-order valence-electron chi connectivity index (χ4n) is 2.49. The van der Waals surface area contributed by atoms with E-state index in [-0.39, 0.29) is 24.9 Å². The molecule has 6 heteroatoms. The third-order valence-electron chi connectivity index (χ3n) is 3.89. The Hall–Kier alpha value is -2.89. The molecular weight excluding hydrogens is 332 g/mol. The monoisotopic (exact) mass is 356 g/mol. The van der Waals surface area contributed by atoms with Crippen molar-refractivity contribution in [3.05, 3.63) is 59.4 Å². The molecule has 0 saturated heterocycles. The van der Waals surface area contributed by atoms with Crippen LogP contribution in [0.2, 0.25) is 0 Å². The van der Waals surface area contributed by atoms with E-state index in [1.54, 1.807) is 25.4 Å². The largest absolute Gasteiger partial charge is 0.497 e. The number of nitrogens with one attached hydrogen (secondary N) is 1. The maximum Gasteiger partial charge on any atom is 0.308 e. The number of hydrogen-bond donors (Lipinski definition) is 1. The Morgan fingerprint density at radius 2 is 1.88 bits per heavy atom.